The molecule has 4 aliphatic carbocycles. The highest BCUT2D eigenvalue weighted by molar-refractivity contribution is 6.24. The summed E-state index contributed by atoms with van der Waals surface area (Å²) < 4.78 is 6.19. The van der Waals surface area contributed by atoms with Crippen LogP contribution in [0.25, 0.3) is 17.1 Å². The zero-order valence-corrected chi connectivity index (χ0v) is 24.2. The number of carbonyl (C=O) groups is 3. The quantitative estimate of drug-likeness (QED) is 0.273. The normalized spacial score (nSPS) is 27.8. The minimum atomic E-state index is -2.67. The molecule has 2 fully saturated rings. The molecule has 1 aromatic carbocycles. The highest BCUT2D eigenvalue weighted by Gasteiger charge is 2.64. The summed E-state index contributed by atoms with van der Waals surface area (Å²) >= 11 is 0. The monoisotopic (exact) mass is 591 g/mol. The maximum absolute atomic E-state index is 14.0. The lowest BCUT2D eigenvalue weighted by Crippen LogP contribution is -2.65. The second kappa shape index (κ2) is 10.7. The number of ketones is 2. The van der Waals surface area contributed by atoms with Gasteiger partial charge < -0.3 is 35.9 Å². The number of primary amides is 1. The second-order valence-corrected chi connectivity index (χ2v) is 12.4. The minimum Gasteiger partial charge on any atom is -0.508 e. The van der Waals surface area contributed by atoms with E-state index in [1.54, 1.807) is 20.2 Å². The molecule has 1 unspecified atom stereocenters. The number of fused-ring (bicyclic) bond motifs is 3. The van der Waals surface area contributed by atoms with Gasteiger partial charge in [-0.05, 0) is 75.5 Å². The summed E-state index contributed by atoms with van der Waals surface area (Å²) in [6, 6.07) is 6.15. The van der Waals surface area contributed by atoms with Crippen LogP contribution in [0.2, 0.25) is 0 Å². The van der Waals surface area contributed by atoms with Crippen molar-refractivity contribution in [2.45, 2.75) is 69.2 Å². The fraction of sp³-hybridized carbons (Fsp3) is 0.469. The molecule has 228 valence electrons. The van der Waals surface area contributed by atoms with Gasteiger partial charge >= 0.3 is 0 Å². The summed E-state index contributed by atoms with van der Waals surface area (Å²) in [5.74, 6) is -5.49. The number of phenols is 1. The SMILES string of the molecule is CN(C)C1C(=O)C(C(N)=O)=C(O)[C@]2(O)C(=O)C3=C(O)c4c(O)ccc(-c5ccc(CNC6CCCCC6)o5)c4C[C@@H]3C[C@H]12. The Bertz CT molecular complexity index is 1580. The second-order valence-electron chi connectivity index (χ2n) is 12.4. The third-order valence-corrected chi connectivity index (χ3v) is 9.70. The van der Waals surface area contributed by atoms with E-state index in [2.05, 4.69) is 5.32 Å². The first-order valence-corrected chi connectivity index (χ1v) is 14.8. The molecule has 0 radical (unpaired) electrons. The van der Waals surface area contributed by atoms with Crippen molar-refractivity contribution in [2.75, 3.05) is 14.1 Å². The Balaban J connectivity index is 1.40. The molecule has 4 aliphatic rings. The van der Waals surface area contributed by atoms with Crippen LogP contribution in [0.1, 0.15) is 55.4 Å². The van der Waals surface area contributed by atoms with Crippen LogP contribution in [0.5, 0.6) is 5.75 Å². The number of benzene rings is 1. The number of furan rings is 1. The Morgan fingerprint density at radius 2 is 1.81 bits per heavy atom. The molecule has 0 saturated heterocycles. The van der Waals surface area contributed by atoms with E-state index in [0.717, 1.165) is 18.6 Å². The number of hydrogen-bond donors (Lipinski definition) is 6. The summed E-state index contributed by atoms with van der Waals surface area (Å²) in [6.45, 7) is 0.571. The Morgan fingerprint density at radius 3 is 2.49 bits per heavy atom. The standard InChI is InChI=1S/C32H37N3O8/c1-35(2)26-20-13-15-12-19-18(22-11-8-17(43-22)14-34-16-6-4-3-5-7-16)9-10-21(36)24(19)27(37)23(15)29(39)32(20,42)30(40)25(28(26)38)31(33)41/h8-11,15-16,20,26,34,36-37,40,42H,3-7,12-14H2,1-2H3,(H2,33,41)/t15-,20-,26?,32-/m1/s1. The van der Waals surface area contributed by atoms with Gasteiger partial charge in [-0.1, -0.05) is 19.3 Å². The number of aromatic hydroxyl groups is 1. The molecule has 0 spiro atoms. The topological polar surface area (TPSA) is 187 Å². The molecule has 1 heterocycles. The average molecular weight is 592 g/mol. The Morgan fingerprint density at radius 1 is 1.09 bits per heavy atom. The van der Waals surface area contributed by atoms with Gasteiger partial charge in [-0.15, -0.1) is 0 Å². The molecular formula is C32H37N3O8. The van der Waals surface area contributed by atoms with Crippen molar-refractivity contribution < 1.29 is 39.2 Å². The number of aliphatic hydroxyl groups excluding tert-OH is 2. The number of phenolic OH excluding ortho intramolecular Hbond substituents is 1. The predicted molar refractivity (Wildman–Crippen MR) is 156 cm³/mol. The van der Waals surface area contributed by atoms with Crippen LogP contribution in [0.15, 0.2) is 45.6 Å². The van der Waals surface area contributed by atoms with Gasteiger partial charge in [0.2, 0.25) is 5.78 Å². The van der Waals surface area contributed by atoms with Gasteiger partial charge in [0.1, 0.15) is 34.4 Å². The van der Waals surface area contributed by atoms with Gasteiger partial charge in [0.05, 0.1) is 18.2 Å². The third kappa shape index (κ3) is 4.49. The molecule has 1 amide bonds. The van der Waals surface area contributed by atoms with Crippen molar-refractivity contribution in [3.8, 4) is 17.1 Å². The van der Waals surface area contributed by atoms with Crippen molar-refractivity contribution in [1.82, 2.24) is 10.2 Å². The maximum Gasteiger partial charge on any atom is 0.255 e. The lowest BCUT2D eigenvalue weighted by atomic mass is 9.57. The zero-order chi connectivity index (χ0) is 30.8. The van der Waals surface area contributed by atoms with Crippen molar-refractivity contribution in [3.63, 3.8) is 0 Å². The predicted octanol–water partition coefficient (Wildman–Crippen LogP) is 2.65. The number of rotatable bonds is 6. The van der Waals surface area contributed by atoms with Crippen LogP contribution in [-0.2, 0) is 27.3 Å². The highest BCUT2D eigenvalue weighted by Crippen LogP contribution is 2.53. The van der Waals surface area contributed by atoms with Gasteiger partial charge in [0, 0.05) is 23.1 Å². The van der Waals surface area contributed by atoms with Crippen LogP contribution in [-0.4, -0.2) is 74.6 Å². The van der Waals surface area contributed by atoms with E-state index in [1.165, 1.54) is 30.2 Å². The number of nitrogens with zero attached hydrogens (tertiary/aromatic N) is 1. The van der Waals surface area contributed by atoms with Crippen molar-refractivity contribution in [1.29, 1.82) is 0 Å². The third-order valence-electron chi connectivity index (χ3n) is 9.70. The summed E-state index contributed by atoms with van der Waals surface area (Å²) in [7, 11) is 3.14. The van der Waals surface area contributed by atoms with Crippen LogP contribution in [0.3, 0.4) is 0 Å². The van der Waals surface area contributed by atoms with Crippen LogP contribution < -0.4 is 11.1 Å². The number of hydrogen-bond acceptors (Lipinski definition) is 10. The Kier molecular flexibility index (Phi) is 7.22. The smallest absolute Gasteiger partial charge is 0.255 e. The van der Waals surface area contributed by atoms with Gasteiger partial charge in [-0.25, -0.2) is 0 Å². The maximum atomic E-state index is 14.0. The molecule has 6 rings (SSSR count). The van der Waals surface area contributed by atoms with E-state index in [1.807, 2.05) is 12.1 Å². The first kappa shape index (κ1) is 29.2. The average Bonchev–Trinajstić information content (AvgIpc) is 3.43. The molecule has 11 heteroatoms. The summed E-state index contributed by atoms with van der Waals surface area (Å²) in [5.41, 5.74) is 2.93. The van der Waals surface area contributed by atoms with Crippen molar-refractivity contribution in [3.05, 3.63) is 58.1 Å². The van der Waals surface area contributed by atoms with E-state index in [9.17, 15) is 34.8 Å². The molecular weight excluding hydrogens is 554 g/mol. The van der Waals surface area contributed by atoms with Crippen LogP contribution >= 0.6 is 0 Å². The van der Waals surface area contributed by atoms with E-state index >= 15 is 0 Å². The van der Waals surface area contributed by atoms with E-state index < -0.39 is 58.0 Å². The molecule has 0 aliphatic heterocycles. The van der Waals surface area contributed by atoms with Gasteiger partial charge in [0.15, 0.2) is 11.4 Å². The van der Waals surface area contributed by atoms with Gasteiger partial charge in [-0.2, -0.15) is 0 Å². The Hall–Kier alpha value is -3.93. The van der Waals surface area contributed by atoms with Gasteiger partial charge in [-0.3, -0.25) is 19.3 Å². The van der Waals surface area contributed by atoms with Crippen molar-refractivity contribution >= 4 is 23.2 Å². The number of carbonyl (C=O) groups excluding carboxylic acids is 3. The molecule has 11 nitrogen and oxygen atoms in total. The molecule has 43 heavy (non-hydrogen) atoms. The number of amides is 1. The molecule has 4 atom stereocenters. The minimum absolute atomic E-state index is 0.0234. The number of likely N-dealkylation sites (N-methyl/N-ethyl adjacent to an activating group) is 1. The fourth-order valence-electron chi connectivity index (χ4n) is 7.64. The number of aliphatic hydroxyl groups is 3. The molecule has 2 aromatic rings. The van der Waals surface area contributed by atoms with Crippen molar-refractivity contribution in [2.24, 2.45) is 17.6 Å². The summed E-state index contributed by atoms with van der Waals surface area (Å²) in [6.07, 6.45) is 6.19. The fourth-order valence-corrected chi connectivity index (χ4v) is 7.64. The molecule has 2 saturated carbocycles. The van der Waals surface area contributed by atoms with E-state index in [-0.39, 0.29) is 29.7 Å². The van der Waals surface area contributed by atoms with Gasteiger partial charge in [0.25, 0.3) is 5.91 Å². The molecule has 0 bridgehead atoms. The number of Topliss-reactive ketones (excluding diaryl/α,β-unsaturated/α-hetero) is 2. The zero-order valence-electron chi connectivity index (χ0n) is 24.2. The largest absolute Gasteiger partial charge is 0.508 e. The number of nitrogens with one attached hydrogen (secondary N) is 1. The highest BCUT2D eigenvalue weighted by atomic mass is 16.4. The summed E-state index contributed by atoms with van der Waals surface area (Å²) in [4.78, 5) is 40.9. The lowest BCUT2D eigenvalue weighted by Gasteiger charge is -2.50. The van der Waals surface area contributed by atoms with Crippen LogP contribution in [0, 0.1) is 11.8 Å². The first-order valence-electron chi connectivity index (χ1n) is 14.8. The lowest BCUT2D eigenvalue weighted by molar-refractivity contribution is -0.153. The van der Waals surface area contributed by atoms with Crippen LogP contribution in [0.4, 0.5) is 0 Å². The van der Waals surface area contributed by atoms with E-state index in [0.29, 0.717) is 29.5 Å². The molecule has 1 aromatic heterocycles. The first-order chi connectivity index (χ1) is 20.4. The molecule has 7 N–H and O–H groups in total. The summed E-state index contributed by atoms with van der Waals surface area (Å²) in [5, 5.41) is 48.6. The Labute approximate surface area is 248 Å². The van der Waals surface area contributed by atoms with E-state index in [4.69, 9.17) is 10.2 Å². The number of nitrogens with two attached hydrogens (primary N) is 1.